The number of fused-ring (bicyclic) bond motifs is 1. The average molecular weight is 217 g/mol. The van der Waals surface area contributed by atoms with Crippen LogP contribution < -0.4 is 5.32 Å². The molecule has 1 aromatic rings. The molecule has 1 N–H and O–H groups in total. The molecule has 0 aromatic carbocycles. The first-order valence-electron chi connectivity index (χ1n) is 5.81. The summed E-state index contributed by atoms with van der Waals surface area (Å²) in [6.45, 7) is 2.73. The lowest BCUT2D eigenvalue weighted by molar-refractivity contribution is 0.0674. The van der Waals surface area contributed by atoms with Gasteiger partial charge in [0.05, 0.1) is 0 Å². The van der Waals surface area contributed by atoms with Crippen LogP contribution in [-0.2, 0) is 6.54 Å². The van der Waals surface area contributed by atoms with E-state index in [-0.39, 0.29) is 5.91 Å². The number of amides is 1. The number of pyridine rings is 1. The molecule has 16 heavy (non-hydrogen) atoms. The van der Waals surface area contributed by atoms with Gasteiger partial charge in [-0.2, -0.15) is 0 Å². The van der Waals surface area contributed by atoms with Crippen LogP contribution in [0.5, 0.6) is 0 Å². The molecule has 0 saturated carbocycles. The number of aromatic nitrogens is 1. The van der Waals surface area contributed by atoms with Crippen molar-refractivity contribution in [3.63, 3.8) is 0 Å². The Kier molecular flexibility index (Phi) is 2.36. The van der Waals surface area contributed by atoms with E-state index in [4.69, 9.17) is 0 Å². The number of carbonyl (C=O) groups excluding carboxylic acids is 1. The van der Waals surface area contributed by atoms with E-state index in [1.54, 1.807) is 6.20 Å². The Labute approximate surface area is 94.7 Å². The maximum atomic E-state index is 12.2. The highest BCUT2D eigenvalue weighted by Gasteiger charge is 2.32. The molecule has 1 atom stereocenters. The van der Waals surface area contributed by atoms with Crippen LogP contribution in [0.25, 0.3) is 0 Å². The topological polar surface area (TPSA) is 45.2 Å². The van der Waals surface area contributed by atoms with Crippen LogP contribution in [0.4, 0.5) is 0 Å². The van der Waals surface area contributed by atoms with Crippen LogP contribution in [0.3, 0.4) is 0 Å². The molecule has 1 saturated heterocycles. The summed E-state index contributed by atoms with van der Waals surface area (Å²) in [6, 6.07) is 2.18. The van der Waals surface area contributed by atoms with Gasteiger partial charge in [-0.25, -0.2) is 0 Å². The van der Waals surface area contributed by atoms with Gasteiger partial charge in [0, 0.05) is 42.7 Å². The molecule has 2 aliphatic heterocycles. The molecule has 0 bridgehead atoms. The minimum Gasteiger partial charge on any atom is -0.330 e. The molecular weight excluding hydrogens is 202 g/mol. The van der Waals surface area contributed by atoms with E-state index in [9.17, 15) is 4.79 Å². The molecule has 1 fully saturated rings. The number of nitrogens with one attached hydrogen (secondary N) is 1. The van der Waals surface area contributed by atoms with Gasteiger partial charge in [-0.3, -0.25) is 9.78 Å². The van der Waals surface area contributed by atoms with Crippen LogP contribution in [0.1, 0.15) is 28.8 Å². The lowest BCUT2D eigenvalue weighted by Crippen LogP contribution is -2.46. The highest BCUT2D eigenvalue weighted by Crippen LogP contribution is 2.25. The molecular formula is C12H15N3O. The highest BCUT2D eigenvalue weighted by atomic mass is 16.2. The smallest absolute Gasteiger partial charge is 0.254 e. The van der Waals surface area contributed by atoms with Gasteiger partial charge < -0.3 is 10.2 Å². The SMILES string of the molecule is O=C1c2ccncc2CN1C1CCCNC1. The standard InChI is InChI=1S/C12H15N3O/c16-12-11-3-5-14-6-9(11)8-15(12)10-2-1-4-13-7-10/h3,5-6,10,13H,1-2,4,7-8H2. The minimum atomic E-state index is 0.172. The zero-order chi connectivity index (χ0) is 11.0. The quantitative estimate of drug-likeness (QED) is 0.756. The average Bonchev–Trinajstić information content (AvgIpc) is 2.69. The van der Waals surface area contributed by atoms with Crippen molar-refractivity contribution < 1.29 is 4.79 Å². The number of piperidine rings is 1. The molecule has 0 spiro atoms. The summed E-state index contributed by atoms with van der Waals surface area (Å²) in [4.78, 5) is 18.2. The molecule has 0 aliphatic carbocycles. The number of nitrogens with zero attached hydrogens (tertiary/aromatic N) is 2. The Morgan fingerprint density at radius 3 is 3.19 bits per heavy atom. The predicted octanol–water partition coefficient (Wildman–Crippen LogP) is 0.789. The molecule has 1 amide bonds. The van der Waals surface area contributed by atoms with Crippen molar-refractivity contribution in [3.8, 4) is 0 Å². The monoisotopic (exact) mass is 217 g/mol. The van der Waals surface area contributed by atoms with Gasteiger partial charge >= 0.3 is 0 Å². The van der Waals surface area contributed by atoms with Gasteiger partial charge in [0.1, 0.15) is 0 Å². The van der Waals surface area contributed by atoms with E-state index in [0.29, 0.717) is 6.04 Å². The molecule has 0 radical (unpaired) electrons. The van der Waals surface area contributed by atoms with Crippen molar-refractivity contribution in [1.29, 1.82) is 0 Å². The highest BCUT2D eigenvalue weighted by molar-refractivity contribution is 5.98. The van der Waals surface area contributed by atoms with E-state index in [1.165, 1.54) is 0 Å². The Hall–Kier alpha value is -1.42. The van der Waals surface area contributed by atoms with Crippen LogP contribution in [0.2, 0.25) is 0 Å². The second-order valence-electron chi connectivity index (χ2n) is 4.47. The summed E-state index contributed by atoms with van der Waals surface area (Å²) in [7, 11) is 0. The minimum absolute atomic E-state index is 0.172. The van der Waals surface area contributed by atoms with Gasteiger partial charge in [0.15, 0.2) is 0 Å². The maximum absolute atomic E-state index is 12.2. The Balaban J connectivity index is 1.83. The molecule has 4 nitrogen and oxygen atoms in total. The third-order valence-electron chi connectivity index (χ3n) is 3.45. The lowest BCUT2D eigenvalue weighted by atomic mass is 10.1. The molecule has 4 heteroatoms. The second-order valence-corrected chi connectivity index (χ2v) is 4.47. The Morgan fingerprint density at radius 1 is 1.50 bits per heavy atom. The molecule has 2 aliphatic rings. The summed E-state index contributed by atoms with van der Waals surface area (Å²) in [5.74, 6) is 0.172. The predicted molar refractivity (Wildman–Crippen MR) is 60.0 cm³/mol. The van der Waals surface area contributed by atoms with E-state index in [2.05, 4.69) is 10.3 Å². The summed E-state index contributed by atoms with van der Waals surface area (Å²) in [5.41, 5.74) is 1.90. The van der Waals surface area contributed by atoms with E-state index in [1.807, 2.05) is 17.2 Å². The molecule has 84 valence electrons. The Morgan fingerprint density at radius 2 is 2.44 bits per heavy atom. The fourth-order valence-corrected chi connectivity index (χ4v) is 2.57. The third-order valence-corrected chi connectivity index (χ3v) is 3.45. The van der Waals surface area contributed by atoms with Gasteiger partial charge in [0.2, 0.25) is 0 Å². The summed E-state index contributed by atoms with van der Waals surface area (Å²) in [6.07, 6.45) is 5.77. The first-order valence-corrected chi connectivity index (χ1v) is 5.81. The summed E-state index contributed by atoms with van der Waals surface area (Å²) < 4.78 is 0. The fourth-order valence-electron chi connectivity index (χ4n) is 2.57. The van der Waals surface area contributed by atoms with E-state index < -0.39 is 0 Å². The Bertz CT molecular complexity index is 412. The molecule has 3 heterocycles. The van der Waals surface area contributed by atoms with E-state index >= 15 is 0 Å². The number of hydrogen-bond acceptors (Lipinski definition) is 3. The van der Waals surface area contributed by atoms with Crippen LogP contribution >= 0.6 is 0 Å². The molecule has 1 unspecified atom stereocenters. The normalized spacial score (nSPS) is 24.6. The van der Waals surface area contributed by atoms with Crippen molar-refractivity contribution in [1.82, 2.24) is 15.2 Å². The van der Waals surface area contributed by atoms with Crippen molar-refractivity contribution in [3.05, 3.63) is 29.6 Å². The first kappa shape index (κ1) is 9.78. The maximum Gasteiger partial charge on any atom is 0.254 e. The van der Waals surface area contributed by atoms with Gasteiger partial charge in [-0.05, 0) is 25.5 Å². The first-order chi connectivity index (χ1) is 7.86. The number of rotatable bonds is 1. The second kappa shape index (κ2) is 3.87. The van der Waals surface area contributed by atoms with Crippen molar-refractivity contribution in [2.45, 2.75) is 25.4 Å². The number of hydrogen-bond donors (Lipinski definition) is 1. The largest absolute Gasteiger partial charge is 0.330 e. The van der Waals surface area contributed by atoms with E-state index in [0.717, 1.165) is 43.6 Å². The van der Waals surface area contributed by atoms with Gasteiger partial charge in [0.25, 0.3) is 5.91 Å². The van der Waals surface area contributed by atoms with Crippen molar-refractivity contribution in [2.24, 2.45) is 0 Å². The zero-order valence-electron chi connectivity index (χ0n) is 9.15. The van der Waals surface area contributed by atoms with Crippen molar-refractivity contribution in [2.75, 3.05) is 13.1 Å². The van der Waals surface area contributed by atoms with Crippen LogP contribution in [-0.4, -0.2) is 34.9 Å². The lowest BCUT2D eigenvalue weighted by Gasteiger charge is -2.31. The molecule has 3 rings (SSSR count). The fraction of sp³-hybridized carbons (Fsp3) is 0.500. The number of carbonyl (C=O) groups is 1. The van der Waals surface area contributed by atoms with Crippen LogP contribution in [0, 0.1) is 0 Å². The zero-order valence-corrected chi connectivity index (χ0v) is 9.15. The van der Waals surface area contributed by atoms with Gasteiger partial charge in [-0.15, -0.1) is 0 Å². The van der Waals surface area contributed by atoms with Crippen molar-refractivity contribution >= 4 is 5.91 Å². The van der Waals surface area contributed by atoms with Gasteiger partial charge in [-0.1, -0.05) is 0 Å². The summed E-state index contributed by atoms with van der Waals surface area (Å²) >= 11 is 0. The molecule has 1 aromatic heterocycles. The summed E-state index contributed by atoms with van der Waals surface area (Å²) in [5, 5.41) is 3.35. The van der Waals surface area contributed by atoms with Crippen LogP contribution in [0.15, 0.2) is 18.5 Å². The third kappa shape index (κ3) is 1.50.